The normalized spacial score (nSPS) is 10.7. The summed E-state index contributed by atoms with van der Waals surface area (Å²) in [7, 11) is 2.00. The second-order valence-electron chi connectivity index (χ2n) is 5.45. The Kier molecular flexibility index (Phi) is 4.02. The van der Waals surface area contributed by atoms with Crippen LogP contribution in [-0.4, -0.2) is 22.0 Å². The molecule has 2 aromatic heterocycles. The molecule has 0 fully saturated rings. The molecule has 2 rings (SSSR count). The maximum absolute atomic E-state index is 4.56. The first-order valence-electron chi connectivity index (χ1n) is 6.84. The van der Waals surface area contributed by atoms with E-state index in [1.807, 2.05) is 32.7 Å². The molecule has 0 aliphatic rings. The lowest BCUT2D eigenvalue weighted by Gasteiger charge is -2.19. The van der Waals surface area contributed by atoms with E-state index in [1.165, 1.54) is 5.56 Å². The standard InChI is InChI=1S/C16H22N4/c1-10-7-11(2)17-15(8-10)9-20(6)16-18-13(4)12(3)14(5)19-16/h7-8H,9H2,1-6H3. The molecule has 106 valence electrons. The molecular formula is C16H22N4. The van der Waals surface area contributed by atoms with Crippen molar-refractivity contribution >= 4 is 5.95 Å². The smallest absolute Gasteiger partial charge is 0.225 e. The highest BCUT2D eigenvalue weighted by molar-refractivity contribution is 5.36. The average molecular weight is 270 g/mol. The Morgan fingerprint density at radius 1 is 0.900 bits per heavy atom. The predicted molar refractivity (Wildman–Crippen MR) is 82.1 cm³/mol. The van der Waals surface area contributed by atoms with E-state index < -0.39 is 0 Å². The van der Waals surface area contributed by atoms with E-state index >= 15 is 0 Å². The van der Waals surface area contributed by atoms with Crippen molar-refractivity contribution in [1.82, 2.24) is 15.0 Å². The van der Waals surface area contributed by atoms with Crippen LogP contribution < -0.4 is 4.90 Å². The summed E-state index contributed by atoms with van der Waals surface area (Å²) in [6.45, 7) is 10.9. The van der Waals surface area contributed by atoms with Crippen molar-refractivity contribution in [2.45, 2.75) is 41.2 Å². The number of pyridine rings is 1. The molecule has 0 aliphatic heterocycles. The first kappa shape index (κ1) is 14.4. The van der Waals surface area contributed by atoms with Gasteiger partial charge in [0.05, 0.1) is 12.2 Å². The van der Waals surface area contributed by atoms with Crippen molar-refractivity contribution < 1.29 is 0 Å². The summed E-state index contributed by atoms with van der Waals surface area (Å²) in [4.78, 5) is 15.7. The molecular weight excluding hydrogens is 248 g/mol. The van der Waals surface area contributed by atoms with Crippen molar-refractivity contribution in [2.24, 2.45) is 0 Å². The Morgan fingerprint density at radius 2 is 1.50 bits per heavy atom. The van der Waals surface area contributed by atoms with Gasteiger partial charge < -0.3 is 4.90 Å². The fourth-order valence-electron chi connectivity index (χ4n) is 2.24. The van der Waals surface area contributed by atoms with Gasteiger partial charge >= 0.3 is 0 Å². The number of rotatable bonds is 3. The van der Waals surface area contributed by atoms with E-state index in [2.05, 4.69) is 40.9 Å². The maximum atomic E-state index is 4.56. The molecule has 20 heavy (non-hydrogen) atoms. The molecule has 0 atom stereocenters. The van der Waals surface area contributed by atoms with Crippen LogP contribution in [0.1, 0.15) is 33.9 Å². The number of nitrogens with zero attached hydrogens (tertiary/aromatic N) is 4. The Morgan fingerprint density at radius 3 is 2.05 bits per heavy atom. The SMILES string of the molecule is Cc1cc(C)nc(CN(C)c2nc(C)c(C)c(C)n2)c1. The van der Waals surface area contributed by atoms with Crippen LogP contribution in [0.4, 0.5) is 5.95 Å². The number of anilines is 1. The molecule has 0 radical (unpaired) electrons. The fraction of sp³-hybridized carbons (Fsp3) is 0.438. The molecule has 0 spiro atoms. The summed E-state index contributed by atoms with van der Waals surface area (Å²) in [6, 6.07) is 4.19. The molecule has 0 aliphatic carbocycles. The summed E-state index contributed by atoms with van der Waals surface area (Å²) < 4.78 is 0. The molecule has 0 saturated heterocycles. The van der Waals surface area contributed by atoms with E-state index in [0.717, 1.165) is 34.3 Å². The fourth-order valence-corrected chi connectivity index (χ4v) is 2.24. The Balaban J connectivity index is 2.25. The third-order valence-electron chi connectivity index (χ3n) is 3.51. The first-order valence-corrected chi connectivity index (χ1v) is 6.84. The zero-order valence-corrected chi connectivity index (χ0v) is 13.2. The van der Waals surface area contributed by atoms with E-state index in [1.54, 1.807) is 0 Å². The van der Waals surface area contributed by atoms with Gasteiger partial charge in [0.1, 0.15) is 0 Å². The van der Waals surface area contributed by atoms with Gasteiger partial charge in [0.15, 0.2) is 0 Å². The summed E-state index contributed by atoms with van der Waals surface area (Å²) >= 11 is 0. The average Bonchev–Trinajstić information content (AvgIpc) is 2.33. The van der Waals surface area contributed by atoms with Crippen LogP contribution in [0.2, 0.25) is 0 Å². The van der Waals surface area contributed by atoms with Crippen molar-refractivity contribution in [2.75, 3.05) is 11.9 Å². The maximum Gasteiger partial charge on any atom is 0.225 e. The van der Waals surface area contributed by atoms with Gasteiger partial charge in [-0.05, 0) is 57.9 Å². The van der Waals surface area contributed by atoms with E-state index in [9.17, 15) is 0 Å². The lowest BCUT2D eigenvalue weighted by atomic mass is 10.2. The van der Waals surface area contributed by atoms with E-state index in [0.29, 0.717) is 6.54 Å². The van der Waals surface area contributed by atoms with Gasteiger partial charge in [-0.3, -0.25) is 4.98 Å². The molecule has 4 heteroatoms. The van der Waals surface area contributed by atoms with Crippen molar-refractivity contribution in [3.63, 3.8) is 0 Å². The van der Waals surface area contributed by atoms with E-state index in [4.69, 9.17) is 0 Å². The second kappa shape index (κ2) is 5.57. The van der Waals surface area contributed by atoms with Crippen LogP contribution in [0.15, 0.2) is 12.1 Å². The van der Waals surface area contributed by atoms with Crippen LogP contribution in [0.3, 0.4) is 0 Å². The highest BCUT2D eigenvalue weighted by atomic mass is 15.2. The topological polar surface area (TPSA) is 41.9 Å². The minimum absolute atomic E-state index is 0.713. The summed E-state index contributed by atoms with van der Waals surface area (Å²) in [6.07, 6.45) is 0. The van der Waals surface area contributed by atoms with Crippen molar-refractivity contribution in [1.29, 1.82) is 0 Å². The Bertz CT molecular complexity index is 591. The lowest BCUT2D eigenvalue weighted by molar-refractivity contribution is 0.820. The molecule has 0 bridgehead atoms. The van der Waals surface area contributed by atoms with Crippen LogP contribution in [0, 0.1) is 34.6 Å². The summed E-state index contributed by atoms with van der Waals surface area (Å²) in [5, 5.41) is 0. The summed E-state index contributed by atoms with van der Waals surface area (Å²) in [5.41, 5.74) is 6.56. The van der Waals surface area contributed by atoms with Crippen molar-refractivity contribution in [3.05, 3.63) is 46.0 Å². The number of aromatic nitrogens is 3. The van der Waals surface area contributed by atoms with Crippen LogP contribution in [0.25, 0.3) is 0 Å². The van der Waals surface area contributed by atoms with Gasteiger partial charge in [0.2, 0.25) is 5.95 Å². The molecule has 0 unspecified atom stereocenters. The zero-order valence-electron chi connectivity index (χ0n) is 13.2. The third-order valence-corrected chi connectivity index (χ3v) is 3.51. The molecule has 2 heterocycles. The molecule has 4 nitrogen and oxygen atoms in total. The minimum atomic E-state index is 0.713. The van der Waals surface area contributed by atoms with Gasteiger partial charge in [0.25, 0.3) is 0 Å². The van der Waals surface area contributed by atoms with E-state index in [-0.39, 0.29) is 0 Å². The molecule has 0 aromatic carbocycles. The monoisotopic (exact) mass is 270 g/mol. The largest absolute Gasteiger partial charge is 0.338 e. The highest BCUT2D eigenvalue weighted by Gasteiger charge is 2.10. The zero-order chi connectivity index (χ0) is 14.9. The second-order valence-corrected chi connectivity index (χ2v) is 5.45. The van der Waals surface area contributed by atoms with Crippen LogP contribution in [-0.2, 0) is 6.54 Å². The lowest BCUT2D eigenvalue weighted by Crippen LogP contribution is -2.21. The third kappa shape index (κ3) is 3.13. The number of hydrogen-bond acceptors (Lipinski definition) is 4. The summed E-state index contributed by atoms with van der Waals surface area (Å²) in [5.74, 6) is 0.756. The van der Waals surface area contributed by atoms with Crippen molar-refractivity contribution in [3.8, 4) is 0 Å². The molecule has 0 N–H and O–H groups in total. The number of hydrogen-bond donors (Lipinski definition) is 0. The molecule has 0 saturated carbocycles. The van der Waals surface area contributed by atoms with Gasteiger partial charge in [-0.2, -0.15) is 0 Å². The first-order chi connectivity index (χ1) is 9.36. The molecule has 2 aromatic rings. The number of aryl methyl sites for hydroxylation is 4. The van der Waals surface area contributed by atoms with Gasteiger partial charge in [0, 0.05) is 24.1 Å². The minimum Gasteiger partial charge on any atom is -0.338 e. The van der Waals surface area contributed by atoms with Gasteiger partial charge in [-0.25, -0.2) is 9.97 Å². The Labute approximate surface area is 120 Å². The quantitative estimate of drug-likeness (QED) is 0.859. The van der Waals surface area contributed by atoms with Gasteiger partial charge in [-0.1, -0.05) is 0 Å². The van der Waals surface area contributed by atoms with Crippen LogP contribution in [0.5, 0.6) is 0 Å². The highest BCUT2D eigenvalue weighted by Crippen LogP contribution is 2.15. The van der Waals surface area contributed by atoms with Gasteiger partial charge in [-0.15, -0.1) is 0 Å². The predicted octanol–water partition coefficient (Wildman–Crippen LogP) is 3.05. The van der Waals surface area contributed by atoms with Crippen LogP contribution >= 0.6 is 0 Å². The molecule has 0 amide bonds. The Hall–Kier alpha value is -1.97.